The number of aromatic nitrogens is 3. The number of rotatable bonds is 2. The fraction of sp³-hybridized carbons (Fsp3) is 0.500. The summed E-state index contributed by atoms with van der Waals surface area (Å²) in [6.45, 7) is 3.52. The van der Waals surface area contributed by atoms with Crippen molar-refractivity contribution in [2.75, 3.05) is 0 Å². The van der Waals surface area contributed by atoms with Gasteiger partial charge in [0, 0.05) is 31.6 Å². The van der Waals surface area contributed by atoms with Gasteiger partial charge in [-0.3, -0.25) is 4.90 Å². The summed E-state index contributed by atoms with van der Waals surface area (Å²) in [6, 6.07) is 5.01. The molecule has 2 bridgehead atoms. The summed E-state index contributed by atoms with van der Waals surface area (Å²) in [4.78, 5) is 2.42. The number of benzene rings is 1. The Hall–Kier alpha value is -1.82. The van der Waals surface area contributed by atoms with Gasteiger partial charge < -0.3 is 4.57 Å². The molecule has 0 saturated carbocycles. The second kappa shape index (κ2) is 5.12. The van der Waals surface area contributed by atoms with Crippen LogP contribution in [0, 0.1) is 18.6 Å². The largest absolute Gasteiger partial charge is 0.314 e. The molecule has 6 heteroatoms. The molecule has 3 heterocycles. The Morgan fingerprint density at radius 3 is 2.77 bits per heavy atom. The minimum absolute atomic E-state index is 0.406. The van der Waals surface area contributed by atoms with Crippen LogP contribution in [-0.2, 0) is 19.5 Å². The third-order valence-electron chi connectivity index (χ3n) is 4.94. The number of nitrogens with zero attached hydrogens (tertiary/aromatic N) is 4. The average Bonchev–Trinajstić information content (AvgIpc) is 2.95. The molecule has 0 aliphatic carbocycles. The summed E-state index contributed by atoms with van der Waals surface area (Å²) in [7, 11) is 0. The van der Waals surface area contributed by atoms with Crippen molar-refractivity contribution in [3.8, 4) is 0 Å². The number of fused-ring (bicyclic) bond motifs is 3. The van der Waals surface area contributed by atoms with E-state index in [1.165, 1.54) is 12.1 Å². The highest BCUT2D eigenvalue weighted by Gasteiger charge is 2.37. The molecule has 4 nitrogen and oxygen atoms in total. The molecule has 2 unspecified atom stereocenters. The zero-order chi connectivity index (χ0) is 15.3. The van der Waals surface area contributed by atoms with E-state index in [0.717, 1.165) is 43.0 Å². The number of hydrogen-bond donors (Lipinski definition) is 0. The van der Waals surface area contributed by atoms with E-state index in [-0.39, 0.29) is 0 Å². The van der Waals surface area contributed by atoms with Crippen LogP contribution in [0.2, 0.25) is 0 Å². The van der Waals surface area contributed by atoms with E-state index in [1.807, 2.05) is 6.92 Å². The number of halogens is 2. The molecule has 116 valence electrons. The van der Waals surface area contributed by atoms with Crippen LogP contribution in [0.1, 0.15) is 30.1 Å². The van der Waals surface area contributed by atoms with Crippen LogP contribution in [0.5, 0.6) is 0 Å². The Bertz CT molecular complexity index is 712. The molecule has 2 aliphatic rings. The van der Waals surface area contributed by atoms with Gasteiger partial charge >= 0.3 is 0 Å². The molecule has 1 aromatic heterocycles. The lowest BCUT2D eigenvalue weighted by molar-refractivity contribution is 0.179. The second-order valence-corrected chi connectivity index (χ2v) is 6.28. The first-order valence-electron chi connectivity index (χ1n) is 7.70. The Morgan fingerprint density at radius 2 is 1.95 bits per heavy atom. The van der Waals surface area contributed by atoms with Gasteiger partial charge in [0.1, 0.15) is 11.6 Å². The predicted molar refractivity (Wildman–Crippen MR) is 77.2 cm³/mol. The van der Waals surface area contributed by atoms with Crippen LogP contribution >= 0.6 is 0 Å². The maximum atomic E-state index is 13.4. The van der Waals surface area contributed by atoms with Crippen molar-refractivity contribution >= 4 is 0 Å². The van der Waals surface area contributed by atoms with E-state index in [4.69, 9.17) is 0 Å². The van der Waals surface area contributed by atoms with Crippen LogP contribution < -0.4 is 0 Å². The molecule has 2 aromatic rings. The van der Waals surface area contributed by atoms with Crippen molar-refractivity contribution < 1.29 is 8.78 Å². The first-order chi connectivity index (χ1) is 10.6. The Labute approximate surface area is 127 Å². The van der Waals surface area contributed by atoms with Crippen molar-refractivity contribution in [1.29, 1.82) is 0 Å². The molecule has 1 fully saturated rings. The van der Waals surface area contributed by atoms with E-state index in [2.05, 4.69) is 19.7 Å². The normalized spacial score (nSPS) is 24.3. The molecule has 0 spiro atoms. The second-order valence-electron chi connectivity index (χ2n) is 6.28. The van der Waals surface area contributed by atoms with Crippen LogP contribution in [0.15, 0.2) is 18.2 Å². The molecule has 0 amide bonds. The zero-order valence-electron chi connectivity index (χ0n) is 12.5. The molecular formula is C16H18F2N4. The van der Waals surface area contributed by atoms with Gasteiger partial charge in [-0.05, 0) is 37.5 Å². The third-order valence-corrected chi connectivity index (χ3v) is 4.94. The van der Waals surface area contributed by atoms with Crippen molar-refractivity contribution in [1.82, 2.24) is 19.7 Å². The molecule has 1 saturated heterocycles. The third kappa shape index (κ3) is 2.22. The van der Waals surface area contributed by atoms with Gasteiger partial charge in [0.05, 0.1) is 0 Å². The Kier molecular flexibility index (Phi) is 3.22. The lowest BCUT2D eigenvalue weighted by atomic mass is 10.1. The summed E-state index contributed by atoms with van der Waals surface area (Å²) in [6.07, 6.45) is 3.13. The summed E-state index contributed by atoms with van der Waals surface area (Å²) in [5, 5.41) is 8.45. The van der Waals surface area contributed by atoms with E-state index < -0.39 is 11.6 Å². The highest BCUT2D eigenvalue weighted by molar-refractivity contribution is 5.18. The number of aryl methyl sites for hydroxylation is 1. The molecule has 22 heavy (non-hydrogen) atoms. The Balaban J connectivity index is 1.60. The van der Waals surface area contributed by atoms with Crippen molar-refractivity contribution in [3.05, 3.63) is 47.0 Å². The van der Waals surface area contributed by atoms with Crippen molar-refractivity contribution in [2.45, 2.75) is 51.4 Å². The van der Waals surface area contributed by atoms with Crippen LogP contribution in [-0.4, -0.2) is 31.7 Å². The highest BCUT2D eigenvalue weighted by Crippen LogP contribution is 2.32. The van der Waals surface area contributed by atoms with Gasteiger partial charge in [-0.25, -0.2) is 8.78 Å². The average molecular weight is 304 g/mol. The fourth-order valence-corrected chi connectivity index (χ4v) is 3.77. The van der Waals surface area contributed by atoms with Gasteiger partial charge in [-0.2, -0.15) is 0 Å². The minimum atomic E-state index is -0.788. The van der Waals surface area contributed by atoms with Gasteiger partial charge in [0.25, 0.3) is 0 Å². The van der Waals surface area contributed by atoms with E-state index in [1.54, 1.807) is 6.07 Å². The van der Waals surface area contributed by atoms with Gasteiger partial charge in [0.15, 0.2) is 11.6 Å². The molecule has 2 aliphatic heterocycles. The van der Waals surface area contributed by atoms with Crippen molar-refractivity contribution in [2.24, 2.45) is 0 Å². The Morgan fingerprint density at radius 1 is 1.14 bits per heavy atom. The summed E-state index contributed by atoms with van der Waals surface area (Å²) in [5.74, 6) is 0.437. The van der Waals surface area contributed by atoms with Crippen LogP contribution in [0.25, 0.3) is 0 Å². The standard InChI is InChI=1S/C16H18F2N4/c1-10-19-20-16-7-12-3-4-13(9-21(10)16)22(12)8-11-2-5-14(17)15(18)6-11/h2,5-6,12-13H,3-4,7-9H2,1H3. The summed E-state index contributed by atoms with van der Waals surface area (Å²) >= 11 is 0. The first-order valence-corrected chi connectivity index (χ1v) is 7.70. The molecular weight excluding hydrogens is 286 g/mol. The maximum absolute atomic E-state index is 13.4. The molecule has 1 aromatic carbocycles. The molecule has 2 atom stereocenters. The number of hydrogen-bond acceptors (Lipinski definition) is 3. The van der Waals surface area contributed by atoms with E-state index in [0.29, 0.717) is 18.6 Å². The monoisotopic (exact) mass is 304 g/mol. The lowest BCUT2D eigenvalue weighted by Gasteiger charge is -2.27. The van der Waals surface area contributed by atoms with Gasteiger partial charge in [-0.15, -0.1) is 10.2 Å². The maximum Gasteiger partial charge on any atom is 0.159 e. The SMILES string of the molecule is Cc1nnc2n1CC1CCC(C2)N1Cc1ccc(F)c(F)c1. The van der Waals surface area contributed by atoms with E-state index in [9.17, 15) is 8.78 Å². The van der Waals surface area contributed by atoms with Crippen LogP contribution in [0.3, 0.4) is 0 Å². The van der Waals surface area contributed by atoms with Crippen molar-refractivity contribution in [3.63, 3.8) is 0 Å². The van der Waals surface area contributed by atoms with Gasteiger partial charge in [-0.1, -0.05) is 6.07 Å². The fourth-order valence-electron chi connectivity index (χ4n) is 3.77. The predicted octanol–water partition coefficient (Wildman–Crippen LogP) is 2.45. The molecule has 4 rings (SSSR count). The van der Waals surface area contributed by atoms with Crippen LogP contribution in [0.4, 0.5) is 8.78 Å². The molecule has 0 N–H and O–H groups in total. The zero-order valence-corrected chi connectivity index (χ0v) is 12.5. The lowest BCUT2D eigenvalue weighted by Crippen LogP contribution is -2.36. The minimum Gasteiger partial charge on any atom is -0.314 e. The van der Waals surface area contributed by atoms with E-state index >= 15 is 0 Å². The topological polar surface area (TPSA) is 34.0 Å². The highest BCUT2D eigenvalue weighted by atomic mass is 19.2. The summed E-state index contributed by atoms with van der Waals surface area (Å²) in [5.41, 5.74) is 0.824. The van der Waals surface area contributed by atoms with Gasteiger partial charge in [0.2, 0.25) is 0 Å². The smallest absolute Gasteiger partial charge is 0.159 e. The summed E-state index contributed by atoms with van der Waals surface area (Å²) < 4.78 is 28.7. The molecule has 0 radical (unpaired) electrons. The quantitative estimate of drug-likeness (QED) is 0.854. The first kappa shape index (κ1) is 13.8.